The first kappa shape index (κ1) is 21.7. The molecule has 2 saturated heterocycles. The Bertz CT molecular complexity index is 660. The lowest BCUT2D eigenvalue weighted by molar-refractivity contribution is -0.138. The summed E-state index contributed by atoms with van der Waals surface area (Å²) in [5, 5.41) is 0. The summed E-state index contributed by atoms with van der Waals surface area (Å²) in [6.45, 7) is 7.89. The lowest BCUT2D eigenvalue weighted by Gasteiger charge is -2.42. The van der Waals surface area contributed by atoms with Gasteiger partial charge in [0.1, 0.15) is 5.75 Å². The Morgan fingerprint density at radius 2 is 1.55 bits per heavy atom. The van der Waals surface area contributed by atoms with E-state index in [0.29, 0.717) is 25.4 Å². The van der Waals surface area contributed by atoms with Crippen LogP contribution in [0.4, 0.5) is 0 Å². The standard InChI is InChI=1S/C24H36N2O3/c1-20(2)17-22(27)26-15-11-24(12-16-26,19-29-21-9-5-3-6-10-21)18-23(28)25-13-7-4-8-14-25/h3,5-6,9-10,20H,4,7-8,11-19H2,1-2H3. The molecule has 2 aliphatic heterocycles. The van der Waals surface area contributed by atoms with Crippen molar-refractivity contribution >= 4 is 11.8 Å². The number of benzene rings is 1. The summed E-state index contributed by atoms with van der Waals surface area (Å²) in [6.07, 6.45) is 6.20. The van der Waals surface area contributed by atoms with Crippen molar-refractivity contribution < 1.29 is 14.3 Å². The van der Waals surface area contributed by atoms with E-state index in [4.69, 9.17) is 4.74 Å². The second-order valence-electron chi connectivity index (χ2n) is 9.20. The van der Waals surface area contributed by atoms with Crippen molar-refractivity contribution in [2.75, 3.05) is 32.8 Å². The van der Waals surface area contributed by atoms with Gasteiger partial charge < -0.3 is 14.5 Å². The molecular weight excluding hydrogens is 364 g/mol. The molecule has 2 amide bonds. The highest BCUT2D eigenvalue weighted by molar-refractivity contribution is 5.78. The van der Waals surface area contributed by atoms with Gasteiger partial charge in [-0.2, -0.15) is 0 Å². The van der Waals surface area contributed by atoms with Crippen molar-refractivity contribution in [2.24, 2.45) is 11.3 Å². The molecule has 0 bridgehead atoms. The van der Waals surface area contributed by atoms with Crippen molar-refractivity contribution in [3.8, 4) is 5.75 Å². The summed E-state index contributed by atoms with van der Waals surface area (Å²) in [6, 6.07) is 9.83. The van der Waals surface area contributed by atoms with Crippen LogP contribution in [0.2, 0.25) is 0 Å². The monoisotopic (exact) mass is 400 g/mol. The topological polar surface area (TPSA) is 49.9 Å². The van der Waals surface area contributed by atoms with Gasteiger partial charge in [0.15, 0.2) is 0 Å². The van der Waals surface area contributed by atoms with Crippen LogP contribution in [0.1, 0.15) is 58.8 Å². The van der Waals surface area contributed by atoms with Gasteiger partial charge in [0.2, 0.25) is 11.8 Å². The minimum atomic E-state index is -0.195. The lowest BCUT2D eigenvalue weighted by atomic mass is 9.75. The quantitative estimate of drug-likeness (QED) is 0.692. The lowest BCUT2D eigenvalue weighted by Crippen LogP contribution is -2.48. The van der Waals surface area contributed by atoms with Gasteiger partial charge in [-0.3, -0.25) is 9.59 Å². The summed E-state index contributed by atoms with van der Waals surface area (Å²) < 4.78 is 6.12. The van der Waals surface area contributed by atoms with E-state index in [0.717, 1.165) is 57.6 Å². The molecule has 1 aromatic rings. The zero-order valence-electron chi connectivity index (χ0n) is 18.1. The van der Waals surface area contributed by atoms with Crippen molar-refractivity contribution in [2.45, 2.75) is 58.8 Å². The normalized spacial score (nSPS) is 19.3. The first-order valence-corrected chi connectivity index (χ1v) is 11.2. The average molecular weight is 401 g/mol. The van der Waals surface area contributed by atoms with Gasteiger partial charge in [-0.1, -0.05) is 32.0 Å². The third kappa shape index (κ3) is 6.22. The van der Waals surface area contributed by atoms with E-state index in [9.17, 15) is 9.59 Å². The highest BCUT2D eigenvalue weighted by Gasteiger charge is 2.39. The van der Waals surface area contributed by atoms with Gasteiger partial charge in [0.05, 0.1) is 6.61 Å². The number of hydrogen-bond acceptors (Lipinski definition) is 3. The molecule has 2 fully saturated rings. The molecule has 0 aliphatic carbocycles. The van der Waals surface area contributed by atoms with Crippen molar-refractivity contribution in [3.05, 3.63) is 30.3 Å². The number of nitrogens with zero attached hydrogens (tertiary/aromatic N) is 2. The third-order valence-electron chi connectivity index (χ3n) is 6.28. The molecule has 29 heavy (non-hydrogen) atoms. The fourth-order valence-corrected chi connectivity index (χ4v) is 4.41. The smallest absolute Gasteiger partial charge is 0.223 e. The van der Waals surface area contributed by atoms with E-state index in [2.05, 4.69) is 13.8 Å². The highest BCUT2D eigenvalue weighted by atomic mass is 16.5. The van der Waals surface area contributed by atoms with Crippen LogP contribution in [-0.4, -0.2) is 54.4 Å². The Morgan fingerprint density at radius 1 is 0.931 bits per heavy atom. The minimum Gasteiger partial charge on any atom is -0.493 e. The molecule has 2 aliphatic rings. The van der Waals surface area contributed by atoms with Crippen molar-refractivity contribution in [1.29, 1.82) is 0 Å². The van der Waals surface area contributed by atoms with Gasteiger partial charge in [-0.15, -0.1) is 0 Å². The van der Waals surface area contributed by atoms with E-state index in [-0.39, 0.29) is 17.2 Å². The van der Waals surface area contributed by atoms with E-state index in [1.807, 2.05) is 40.1 Å². The number of carbonyl (C=O) groups excluding carboxylic acids is 2. The number of piperidine rings is 2. The molecule has 5 heteroatoms. The Hall–Kier alpha value is -2.04. The van der Waals surface area contributed by atoms with E-state index in [1.54, 1.807) is 0 Å². The highest BCUT2D eigenvalue weighted by Crippen LogP contribution is 2.37. The number of likely N-dealkylation sites (tertiary alicyclic amines) is 2. The Balaban J connectivity index is 1.65. The summed E-state index contributed by atoms with van der Waals surface area (Å²) >= 11 is 0. The molecule has 0 spiro atoms. The van der Waals surface area contributed by atoms with Gasteiger partial charge in [0, 0.05) is 44.4 Å². The summed E-state index contributed by atoms with van der Waals surface area (Å²) in [5.74, 6) is 1.70. The molecule has 3 rings (SSSR count). The maximum absolute atomic E-state index is 13.0. The molecule has 2 heterocycles. The molecule has 0 aromatic heterocycles. The van der Waals surface area contributed by atoms with Gasteiger partial charge in [0.25, 0.3) is 0 Å². The van der Waals surface area contributed by atoms with Crippen molar-refractivity contribution in [3.63, 3.8) is 0 Å². The fourth-order valence-electron chi connectivity index (χ4n) is 4.41. The maximum atomic E-state index is 13.0. The van der Waals surface area contributed by atoms with Crippen LogP contribution in [0.5, 0.6) is 5.75 Å². The van der Waals surface area contributed by atoms with Crippen molar-refractivity contribution in [1.82, 2.24) is 9.80 Å². The predicted octanol–water partition coefficient (Wildman–Crippen LogP) is 4.12. The zero-order chi connectivity index (χ0) is 20.7. The zero-order valence-corrected chi connectivity index (χ0v) is 18.1. The molecule has 0 atom stereocenters. The molecular formula is C24H36N2O3. The largest absolute Gasteiger partial charge is 0.493 e. The number of carbonyl (C=O) groups is 2. The summed E-state index contributed by atoms with van der Waals surface area (Å²) in [7, 11) is 0. The average Bonchev–Trinajstić information content (AvgIpc) is 2.74. The van der Waals surface area contributed by atoms with Crippen LogP contribution in [0.3, 0.4) is 0 Å². The fraction of sp³-hybridized carbons (Fsp3) is 0.667. The first-order valence-electron chi connectivity index (χ1n) is 11.2. The van der Waals surface area contributed by atoms with Crippen LogP contribution >= 0.6 is 0 Å². The number of amides is 2. The maximum Gasteiger partial charge on any atom is 0.223 e. The molecule has 0 saturated carbocycles. The second kappa shape index (κ2) is 10.1. The Kier molecular flexibility index (Phi) is 7.57. The third-order valence-corrected chi connectivity index (χ3v) is 6.28. The second-order valence-corrected chi connectivity index (χ2v) is 9.20. The van der Waals surface area contributed by atoms with Crippen LogP contribution in [-0.2, 0) is 9.59 Å². The number of hydrogen-bond donors (Lipinski definition) is 0. The molecule has 1 aromatic carbocycles. The van der Waals surface area contributed by atoms with Crippen LogP contribution < -0.4 is 4.74 Å². The van der Waals surface area contributed by atoms with Gasteiger partial charge in [-0.05, 0) is 50.2 Å². The van der Waals surface area contributed by atoms with Crippen LogP contribution in [0, 0.1) is 11.3 Å². The van der Waals surface area contributed by atoms with E-state index >= 15 is 0 Å². The molecule has 5 nitrogen and oxygen atoms in total. The molecule has 0 unspecified atom stereocenters. The summed E-state index contributed by atoms with van der Waals surface area (Å²) in [5.41, 5.74) is -0.195. The van der Waals surface area contributed by atoms with Crippen LogP contribution in [0.15, 0.2) is 30.3 Å². The molecule has 160 valence electrons. The Labute approximate surface area is 175 Å². The number of para-hydroxylation sites is 1. The SMILES string of the molecule is CC(C)CC(=O)N1CCC(COc2ccccc2)(CC(=O)N2CCCCC2)CC1. The first-order chi connectivity index (χ1) is 14.0. The Morgan fingerprint density at radius 3 is 2.17 bits per heavy atom. The predicted molar refractivity (Wildman–Crippen MR) is 115 cm³/mol. The summed E-state index contributed by atoms with van der Waals surface area (Å²) in [4.78, 5) is 29.5. The van der Waals surface area contributed by atoms with E-state index in [1.165, 1.54) is 6.42 Å². The van der Waals surface area contributed by atoms with Crippen LogP contribution in [0.25, 0.3) is 0 Å². The number of ether oxygens (including phenoxy) is 1. The van der Waals surface area contributed by atoms with Gasteiger partial charge >= 0.3 is 0 Å². The van der Waals surface area contributed by atoms with Gasteiger partial charge in [-0.25, -0.2) is 0 Å². The number of rotatable bonds is 7. The van der Waals surface area contributed by atoms with E-state index < -0.39 is 0 Å². The minimum absolute atomic E-state index is 0.195. The molecule has 0 radical (unpaired) electrons. The molecule has 0 N–H and O–H groups in total.